The summed E-state index contributed by atoms with van der Waals surface area (Å²) >= 11 is 0. The topological polar surface area (TPSA) is 92.4 Å². The van der Waals surface area contributed by atoms with Gasteiger partial charge in [-0.3, -0.25) is 9.59 Å². The smallest absolute Gasteiger partial charge is 0.248 e. The molecule has 2 aromatic carbocycles. The maximum Gasteiger partial charge on any atom is 0.248 e. The Morgan fingerprint density at radius 2 is 1.91 bits per heavy atom. The molecule has 1 aliphatic rings. The van der Waals surface area contributed by atoms with Crippen LogP contribution in [0, 0.1) is 0 Å². The van der Waals surface area contributed by atoms with Crippen LogP contribution in [0.4, 0.5) is 5.95 Å². The van der Waals surface area contributed by atoms with E-state index in [1.54, 1.807) is 18.3 Å². The fraction of sp³-hybridized carbons (Fsp3) is 0.308. The minimum Gasteiger partial charge on any atom is -0.366 e. The van der Waals surface area contributed by atoms with Crippen LogP contribution < -0.4 is 10.6 Å². The summed E-state index contributed by atoms with van der Waals surface area (Å²) in [5.41, 5.74) is 9.71. The zero-order valence-corrected chi connectivity index (χ0v) is 19.1. The van der Waals surface area contributed by atoms with Gasteiger partial charge in [0.05, 0.1) is 5.69 Å². The van der Waals surface area contributed by atoms with E-state index in [0.717, 1.165) is 29.7 Å². The van der Waals surface area contributed by atoms with Gasteiger partial charge in [-0.1, -0.05) is 42.5 Å². The first kappa shape index (κ1) is 22.5. The Morgan fingerprint density at radius 3 is 2.64 bits per heavy atom. The average molecular weight is 444 g/mol. The first-order valence-electron chi connectivity index (χ1n) is 11.2. The maximum atomic E-state index is 12.9. The predicted molar refractivity (Wildman–Crippen MR) is 129 cm³/mol. The quantitative estimate of drug-likeness (QED) is 0.605. The van der Waals surface area contributed by atoms with Gasteiger partial charge in [0.25, 0.3) is 0 Å². The Labute approximate surface area is 194 Å². The Morgan fingerprint density at radius 1 is 1.12 bits per heavy atom. The molecule has 0 aliphatic carbocycles. The summed E-state index contributed by atoms with van der Waals surface area (Å²) in [6.45, 7) is 1.33. The van der Waals surface area contributed by atoms with Crippen LogP contribution in [0.25, 0.3) is 11.1 Å². The van der Waals surface area contributed by atoms with Gasteiger partial charge in [-0.05, 0) is 36.1 Å². The zero-order valence-electron chi connectivity index (χ0n) is 19.1. The van der Waals surface area contributed by atoms with Crippen LogP contribution in [-0.2, 0) is 11.2 Å². The molecule has 1 aliphatic heterocycles. The average Bonchev–Trinajstić information content (AvgIpc) is 3.33. The Kier molecular flexibility index (Phi) is 6.68. The molecular weight excluding hydrogens is 414 g/mol. The van der Waals surface area contributed by atoms with Crippen molar-refractivity contribution >= 4 is 17.8 Å². The molecule has 2 N–H and O–H groups in total. The lowest BCUT2D eigenvalue weighted by Crippen LogP contribution is -2.28. The maximum absolute atomic E-state index is 12.9. The van der Waals surface area contributed by atoms with E-state index >= 15 is 0 Å². The minimum atomic E-state index is -0.472. The van der Waals surface area contributed by atoms with Gasteiger partial charge in [-0.25, -0.2) is 9.97 Å². The Bertz CT molecular complexity index is 1150. The molecule has 0 spiro atoms. The number of carbonyl (C=O) groups excluding carboxylic acids is 2. The SMILES string of the molecule is CN(C)c1ncc(-c2cccc(C(N)=O)c2)c([C@H]2CCN(C(=O)CCc3ccccc3)C2)n1. The number of likely N-dealkylation sites (tertiary alicyclic amines) is 1. The molecule has 0 radical (unpaired) electrons. The number of rotatable bonds is 7. The fourth-order valence-corrected chi connectivity index (χ4v) is 4.24. The molecule has 7 heteroatoms. The fourth-order valence-electron chi connectivity index (χ4n) is 4.24. The molecule has 2 heterocycles. The van der Waals surface area contributed by atoms with Gasteiger partial charge in [0.15, 0.2) is 0 Å². The molecule has 1 saturated heterocycles. The number of nitrogens with two attached hydrogens (primary N) is 1. The van der Waals surface area contributed by atoms with Crippen molar-refractivity contribution in [2.24, 2.45) is 5.73 Å². The number of carbonyl (C=O) groups is 2. The number of anilines is 1. The molecule has 0 unspecified atom stereocenters. The van der Waals surface area contributed by atoms with Crippen LogP contribution in [0.5, 0.6) is 0 Å². The number of hydrogen-bond acceptors (Lipinski definition) is 5. The Balaban J connectivity index is 1.56. The van der Waals surface area contributed by atoms with Gasteiger partial charge in [-0.15, -0.1) is 0 Å². The summed E-state index contributed by atoms with van der Waals surface area (Å²) in [7, 11) is 3.81. The summed E-state index contributed by atoms with van der Waals surface area (Å²) in [4.78, 5) is 37.7. The number of amides is 2. The van der Waals surface area contributed by atoms with Crippen LogP contribution in [0.1, 0.15) is 40.4 Å². The normalized spacial score (nSPS) is 15.5. The van der Waals surface area contributed by atoms with E-state index < -0.39 is 5.91 Å². The first-order valence-corrected chi connectivity index (χ1v) is 11.2. The molecule has 1 fully saturated rings. The number of nitrogens with zero attached hydrogens (tertiary/aromatic N) is 4. The van der Waals surface area contributed by atoms with Crippen molar-refractivity contribution in [3.63, 3.8) is 0 Å². The lowest BCUT2D eigenvalue weighted by molar-refractivity contribution is -0.130. The number of hydrogen-bond donors (Lipinski definition) is 1. The van der Waals surface area contributed by atoms with Gasteiger partial charge < -0.3 is 15.5 Å². The van der Waals surface area contributed by atoms with E-state index in [1.807, 2.05) is 54.2 Å². The highest BCUT2D eigenvalue weighted by Gasteiger charge is 2.30. The molecule has 0 saturated carbocycles. The van der Waals surface area contributed by atoms with Crippen molar-refractivity contribution in [3.8, 4) is 11.1 Å². The third-order valence-electron chi connectivity index (χ3n) is 6.06. The number of benzene rings is 2. The highest BCUT2D eigenvalue weighted by molar-refractivity contribution is 5.94. The van der Waals surface area contributed by atoms with Crippen LogP contribution in [0.2, 0.25) is 0 Å². The van der Waals surface area contributed by atoms with Crippen molar-refractivity contribution in [2.75, 3.05) is 32.1 Å². The van der Waals surface area contributed by atoms with Gasteiger partial charge in [-0.2, -0.15) is 0 Å². The number of aryl methyl sites for hydroxylation is 1. The molecule has 33 heavy (non-hydrogen) atoms. The van der Waals surface area contributed by atoms with Gasteiger partial charge in [0.1, 0.15) is 0 Å². The third-order valence-corrected chi connectivity index (χ3v) is 6.06. The largest absolute Gasteiger partial charge is 0.366 e. The molecule has 170 valence electrons. The molecule has 1 atom stereocenters. The van der Waals surface area contributed by atoms with Crippen molar-refractivity contribution in [2.45, 2.75) is 25.2 Å². The third kappa shape index (κ3) is 5.19. The lowest BCUT2D eigenvalue weighted by atomic mass is 9.95. The van der Waals surface area contributed by atoms with Gasteiger partial charge in [0.2, 0.25) is 17.8 Å². The monoisotopic (exact) mass is 443 g/mol. The summed E-state index contributed by atoms with van der Waals surface area (Å²) < 4.78 is 0. The highest BCUT2D eigenvalue weighted by atomic mass is 16.2. The summed E-state index contributed by atoms with van der Waals surface area (Å²) in [6.07, 6.45) is 3.88. The molecular formula is C26H29N5O2. The summed E-state index contributed by atoms with van der Waals surface area (Å²) in [6, 6.07) is 17.3. The molecule has 2 amide bonds. The number of aromatic nitrogens is 2. The van der Waals surface area contributed by atoms with Gasteiger partial charge in [0, 0.05) is 56.8 Å². The van der Waals surface area contributed by atoms with E-state index in [-0.39, 0.29) is 11.8 Å². The van der Waals surface area contributed by atoms with Gasteiger partial charge >= 0.3 is 0 Å². The summed E-state index contributed by atoms with van der Waals surface area (Å²) in [5, 5.41) is 0. The molecule has 0 bridgehead atoms. The van der Waals surface area contributed by atoms with Crippen LogP contribution in [-0.4, -0.2) is 53.9 Å². The zero-order chi connectivity index (χ0) is 23.4. The van der Waals surface area contributed by atoms with E-state index in [1.165, 1.54) is 5.56 Å². The van der Waals surface area contributed by atoms with Crippen molar-refractivity contribution < 1.29 is 9.59 Å². The Hall–Kier alpha value is -3.74. The van der Waals surface area contributed by atoms with E-state index in [4.69, 9.17) is 10.7 Å². The molecule has 1 aromatic heterocycles. The summed E-state index contributed by atoms with van der Waals surface area (Å²) in [5.74, 6) is 0.411. The van der Waals surface area contributed by atoms with Crippen LogP contribution in [0.15, 0.2) is 60.8 Å². The van der Waals surface area contributed by atoms with E-state index in [9.17, 15) is 9.59 Å². The second-order valence-corrected chi connectivity index (χ2v) is 8.62. The van der Waals surface area contributed by atoms with Crippen LogP contribution in [0.3, 0.4) is 0 Å². The second kappa shape index (κ2) is 9.81. The lowest BCUT2D eigenvalue weighted by Gasteiger charge is -2.20. The van der Waals surface area contributed by atoms with Crippen LogP contribution >= 0.6 is 0 Å². The van der Waals surface area contributed by atoms with Crippen molar-refractivity contribution in [1.82, 2.24) is 14.9 Å². The molecule has 3 aromatic rings. The predicted octanol–water partition coefficient (Wildman–Crippen LogP) is 3.26. The molecule has 4 rings (SSSR count). The van der Waals surface area contributed by atoms with Crippen molar-refractivity contribution in [1.29, 1.82) is 0 Å². The van der Waals surface area contributed by atoms with E-state index in [2.05, 4.69) is 17.1 Å². The second-order valence-electron chi connectivity index (χ2n) is 8.62. The van der Waals surface area contributed by atoms with Crippen molar-refractivity contribution in [3.05, 3.63) is 77.6 Å². The number of primary amides is 1. The molecule has 7 nitrogen and oxygen atoms in total. The standard InChI is InChI=1S/C26H29N5O2/c1-30(2)26-28-16-22(19-9-6-10-20(15-19)25(27)33)24(29-26)21-13-14-31(17-21)23(32)12-11-18-7-4-3-5-8-18/h3-10,15-16,21H,11-14,17H2,1-2H3,(H2,27,33)/t21-/m0/s1. The highest BCUT2D eigenvalue weighted by Crippen LogP contribution is 2.34. The van der Waals surface area contributed by atoms with E-state index in [0.29, 0.717) is 31.0 Å². The minimum absolute atomic E-state index is 0.0969. The first-order chi connectivity index (χ1) is 15.9.